The van der Waals surface area contributed by atoms with Crippen molar-refractivity contribution in [1.82, 2.24) is 0 Å². The van der Waals surface area contributed by atoms with Gasteiger partial charge in [0.25, 0.3) is 0 Å². The standard InChI is InChI=1S/C13H15ClFNO/c14-12-4-3-10(15)5-9(12)6-11(17)7-13(16)8-1-2-8/h3-5,8,13H,1-2,6-7,16H2. The molecule has 0 heterocycles. The molecular weight excluding hydrogens is 241 g/mol. The predicted octanol–water partition coefficient (Wildman–Crippen LogP) is 2.72. The Balaban J connectivity index is 1.94. The van der Waals surface area contributed by atoms with Crippen molar-refractivity contribution in [2.24, 2.45) is 11.7 Å². The quantitative estimate of drug-likeness (QED) is 0.879. The van der Waals surface area contributed by atoms with Crippen molar-refractivity contribution in [2.75, 3.05) is 0 Å². The number of ketones is 1. The summed E-state index contributed by atoms with van der Waals surface area (Å²) in [7, 11) is 0. The molecule has 0 amide bonds. The lowest BCUT2D eigenvalue weighted by Crippen LogP contribution is -2.26. The van der Waals surface area contributed by atoms with Gasteiger partial charge in [-0.05, 0) is 42.5 Å². The predicted molar refractivity (Wildman–Crippen MR) is 65.4 cm³/mol. The first-order valence-corrected chi connectivity index (χ1v) is 6.15. The lowest BCUT2D eigenvalue weighted by Gasteiger charge is -2.09. The Bertz CT molecular complexity index is 431. The van der Waals surface area contributed by atoms with E-state index in [0.29, 0.717) is 22.9 Å². The summed E-state index contributed by atoms with van der Waals surface area (Å²) in [5, 5.41) is 0.430. The van der Waals surface area contributed by atoms with Crippen LogP contribution in [0.3, 0.4) is 0 Å². The van der Waals surface area contributed by atoms with Crippen LogP contribution in [0.5, 0.6) is 0 Å². The normalized spacial score (nSPS) is 16.9. The number of carbonyl (C=O) groups is 1. The summed E-state index contributed by atoms with van der Waals surface area (Å²) >= 11 is 5.90. The summed E-state index contributed by atoms with van der Waals surface area (Å²) in [6.07, 6.45) is 2.76. The van der Waals surface area contributed by atoms with Gasteiger partial charge in [-0.25, -0.2) is 4.39 Å². The molecule has 92 valence electrons. The molecule has 0 aliphatic heterocycles. The minimum absolute atomic E-state index is 0.0249. The fraction of sp³-hybridized carbons (Fsp3) is 0.462. The third kappa shape index (κ3) is 3.51. The van der Waals surface area contributed by atoms with Gasteiger partial charge in [-0.3, -0.25) is 4.79 Å². The van der Waals surface area contributed by atoms with Gasteiger partial charge in [0.05, 0.1) is 0 Å². The molecule has 1 saturated carbocycles. The highest BCUT2D eigenvalue weighted by molar-refractivity contribution is 6.31. The zero-order valence-corrected chi connectivity index (χ0v) is 10.2. The maximum absolute atomic E-state index is 13.0. The Morgan fingerprint density at radius 1 is 1.53 bits per heavy atom. The van der Waals surface area contributed by atoms with E-state index in [4.69, 9.17) is 17.3 Å². The molecule has 1 aromatic carbocycles. The molecule has 0 spiro atoms. The molecule has 1 aliphatic rings. The fourth-order valence-corrected chi connectivity index (χ4v) is 2.10. The molecule has 1 atom stereocenters. The molecular formula is C13H15ClFNO. The second-order valence-corrected chi connectivity index (χ2v) is 5.06. The number of nitrogens with two attached hydrogens (primary N) is 1. The number of rotatable bonds is 5. The van der Waals surface area contributed by atoms with Crippen LogP contribution in [0.4, 0.5) is 4.39 Å². The van der Waals surface area contributed by atoms with Gasteiger partial charge in [0.2, 0.25) is 0 Å². The van der Waals surface area contributed by atoms with Gasteiger partial charge in [-0.15, -0.1) is 0 Å². The average molecular weight is 256 g/mol. The number of hydrogen-bond donors (Lipinski definition) is 1. The molecule has 0 saturated heterocycles. The molecule has 1 fully saturated rings. The average Bonchev–Trinajstić information content (AvgIpc) is 3.06. The summed E-state index contributed by atoms with van der Waals surface area (Å²) in [6, 6.07) is 4.02. The first kappa shape index (κ1) is 12.5. The summed E-state index contributed by atoms with van der Waals surface area (Å²) in [5.41, 5.74) is 6.41. The van der Waals surface area contributed by atoms with Gasteiger partial charge in [-0.1, -0.05) is 11.6 Å². The lowest BCUT2D eigenvalue weighted by molar-refractivity contribution is -0.118. The van der Waals surface area contributed by atoms with Gasteiger partial charge in [0.15, 0.2) is 0 Å². The van der Waals surface area contributed by atoms with Crippen LogP contribution >= 0.6 is 11.6 Å². The lowest BCUT2D eigenvalue weighted by atomic mass is 10.0. The first-order chi connectivity index (χ1) is 8.06. The molecule has 17 heavy (non-hydrogen) atoms. The Morgan fingerprint density at radius 2 is 2.24 bits per heavy atom. The van der Waals surface area contributed by atoms with Crippen LogP contribution in [0.25, 0.3) is 0 Å². The van der Waals surface area contributed by atoms with Crippen molar-refractivity contribution >= 4 is 17.4 Å². The second kappa shape index (κ2) is 5.15. The number of Topliss-reactive ketones (excluding diaryl/α,β-unsaturated/α-hetero) is 1. The van der Waals surface area contributed by atoms with E-state index in [9.17, 15) is 9.18 Å². The number of halogens is 2. The van der Waals surface area contributed by atoms with Crippen molar-refractivity contribution in [3.8, 4) is 0 Å². The Hall–Kier alpha value is -0.930. The maximum atomic E-state index is 13.0. The van der Waals surface area contributed by atoms with E-state index < -0.39 is 0 Å². The van der Waals surface area contributed by atoms with Crippen LogP contribution in [0.1, 0.15) is 24.8 Å². The Morgan fingerprint density at radius 3 is 2.88 bits per heavy atom. The molecule has 1 aliphatic carbocycles. The van der Waals surface area contributed by atoms with Crippen molar-refractivity contribution < 1.29 is 9.18 Å². The van der Waals surface area contributed by atoms with E-state index in [1.54, 1.807) is 0 Å². The number of carbonyl (C=O) groups excluding carboxylic acids is 1. The van der Waals surface area contributed by atoms with Crippen LogP contribution < -0.4 is 5.73 Å². The third-order valence-electron chi connectivity index (χ3n) is 3.09. The second-order valence-electron chi connectivity index (χ2n) is 4.66. The summed E-state index contributed by atoms with van der Waals surface area (Å²) in [4.78, 5) is 11.8. The highest BCUT2D eigenvalue weighted by atomic mass is 35.5. The number of benzene rings is 1. The third-order valence-corrected chi connectivity index (χ3v) is 3.45. The van der Waals surface area contributed by atoms with Crippen LogP contribution in [-0.4, -0.2) is 11.8 Å². The highest BCUT2D eigenvalue weighted by Crippen LogP contribution is 2.33. The maximum Gasteiger partial charge on any atom is 0.138 e. The summed E-state index contributed by atoms with van der Waals surface area (Å²) in [5.74, 6) is 0.155. The molecule has 4 heteroatoms. The summed E-state index contributed by atoms with van der Waals surface area (Å²) in [6.45, 7) is 0. The first-order valence-electron chi connectivity index (χ1n) is 5.77. The van der Waals surface area contributed by atoms with Crippen LogP contribution in [0.2, 0.25) is 5.02 Å². The zero-order chi connectivity index (χ0) is 12.4. The van der Waals surface area contributed by atoms with Crippen LogP contribution in [0, 0.1) is 11.7 Å². The van der Waals surface area contributed by atoms with Gasteiger partial charge in [0.1, 0.15) is 11.6 Å². The van der Waals surface area contributed by atoms with E-state index in [-0.39, 0.29) is 24.1 Å². The van der Waals surface area contributed by atoms with Crippen LogP contribution in [0.15, 0.2) is 18.2 Å². The largest absolute Gasteiger partial charge is 0.327 e. The van der Waals surface area contributed by atoms with E-state index in [0.717, 1.165) is 12.8 Å². The topological polar surface area (TPSA) is 43.1 Å². The highest BCUT2D eigenvalue weighted by Gasteiger charge is 2.29. The minimum atomic E-state index is -0.372. The van der Waals surface area contributed by atoms with Crippen molar-refractivity contribution in [2.45, 2.75) is 31.7 Å². The SMILES string of the molecule is NC(CC(=O)Cc1cc(F)ccc1Cl)C1CC1. The van der Waals surface area contributed by atoms with Gasteiger partial charge in [0, 0.05) is 23.9 Å². The van der Waals surface area contributed by atoms with Crippen molar-refractivity contribution in [1.29, 1.82) is 0 Å². The van der Waals surface area contributed by atoms with Gasteiger partial charge >= 0.3 is 0 Å². The van der Waals surface area contributed by atoms with E-state index in [1.165, 1.54) is 18.2 Å². The van der Waals surface area contributed by atoms with Gasteiger partial charge in [-0.2, -0.15) is 0 Å². The smallest absolute Gasteiger partial charge is 0.138 e. The van der Waals surface area contributed by atoms with E-state index in [1.807, 2.05) is 0 Å². The van der Waals surface area contributed by atoms with E-state index >= 15 is 0 Å². The Kier molecular flexibility index (Phi) is 3.79. The molecule has 0 bridgehead atoms. The molecule has 2 rings (SSSR count). The molecule has 1 unspecified atom stereocenters. The Labute approximate surface area is 105 Å². The number of hydrogen-bond acceptors (Lipinski definition) is 2. The van der Waals surface area contributed by atoms with Gasteiger partial charge < -0.3 is 5.73 Å². The molecule has 2 nitrogen and oxygen atoms in total. The molecule has 0 aromatic heterocycles. The van der Waals surface area contributed by atoms with Crippen molar-refractivity contribution in [3.05, 3.63) is 34.6 Å². The summed E-state index contributed by atoms with van der Waals surface area (Å²) < 4.78 is 13.0. The van der Waals surface area contributed by atoms with Crippen LogP contribution in [-0.2, 0) is 11.2 Å². The van der Waals surface area contributed by atoms with Crippen molar-refractivity contribution in [3.63, 3.8) is 0 Å². The molecule has 2 N–H and O–H groups in total. The zero-order valence-electron chi connectivity index (χ0n) is 9.46. The minimum Gasteiger partial charge on any atom is -0.327 e. The fourth-order valence-electron chi connectivity index (χ4n) is 1.92. The monoisotopic (exact) mass is 255 g/mol. The molecule has 1 aromatic rings. The molecule has 0 radical (unpaired) electrons. The van der Waals surface area contributed by atoms with E-state index in [2.05, 4.69) is 0 Å².